The van der Waals surface area contributed by atoms with Gasteiger partial charge in [-0.05, 0) is 55.0 Å². The lowest BCUT2D eigenvalue weighted by atomic mass is 9.69. The van der Waals surface area contributed by atoms with Gasteiger partial charge in [0.2, 0.25) is 0 Å². The van der Waals surface area contributed by atoms with Crippen molar-refractivity contribution in [3.63, 3.8) is 0 Å². The topological polar surface area (TPSA) is 21.3 Å². The third-order valence-corrected chi connectivity index (χ3v) is 5.60. The number of hydrogen-bond donors (Lipinski definition) is 1. The lowest BCUT2D eigenvalue weighted by molar-refractivity contribution is -0.0761. The number of nitrogens with one attached hydrogen (secondary N) is 1. The summed E-state index contributed by atoms with van der Waals surface area (Å²) in [4.78, 5) is 0. The average molecular weight is 332 g/mol. The molecule has 1 saturated heterocycles. The monoisotopic (exact) mass is 331 g/mol. The zero-order chi connectivity index (χ0) is 17.4. The summed E-state index contributed by atoms with van der Waals surface area (Å²) >= 11 is 0. The van der Waals surface area contributed by atoms with Gasteiger partial charge >= 0.3 is 0 Å². The van der Waals surface area contributed by atoms with Crippen LogP contribution >= 0.6 is 0 Å². The molecule has 0 aromatic heterocycles. The fourth-order valence-electron chi connectivity index (χ4n) is 3.80. The molecule has 1 aliphatic rings. The maximum atomic E-state index is 6.06. The van der Waals surface area contributed by atoms with Crippen LogP contribution in [-0.4, -0.2) is 19.3 Å². The molecule has 0 spiro atoms. The number of rotatable bonds is 9. The molecule has 0 aliphatic carbocycles. The Morgan fingerprint density at radius 2 is 1.88 bits per heavy atom. The molecule has 0 amide bonds. The largest absolute Gasteiger partial charge is 0.378 e. The molecule has 2 rings (SSSR count). The van der Waals surface area contributed by atoms with Crippen LogP contribution in [0.5, 0.6) is 0 Å². The Kier molecular flexibility index (Phi) is 7.77. The Labute approximate surface area is 149 Å². The second-order valence-corrected chi connectivity index (χ2v) is 8.45. The Balaban J connectivity index is 1.88. The van der Waals surface area contributed by atoms with Gasteiger partial charge in [0, 0.05) is 13.2 Å². The predicted octanol–water partition coefficient (Wildman–Crippen LogP) is 5.42. The maximum Gasteiger partial charge on any atom is 0.0603 e. The Bertz CT molecular complexity index is 456. The minimum absolute atomic E-state index is 0.444. The maximum absolute atomic E-state index is 6.06. The van der Waals surface area contributed by atoms with E-state index in [1.807, 2.05) is 0 Å². The fraction of sp³-hybridized carbons (Fsp3) is 0.727. The molecule has 1 fully saturated rings. The molecular weight excluding hydrogens is 294 g/mol. The van der Waals surface area contributed by atoms with E-state index in [9.17, 15) is 0 Å². The summed E-state index contributed by atoms with van der Waals surface area (Å²) in [7, 11) is 0. The van der Waals surface area contributed by atoms with E-state index in [2.05, 4.69) is 63.3 Å². The van der Waals surface area contributed by atoms with Crippen LogP contribution in [0.2, 0.25) is 0 Å². The van der Waals surface area contributed by atoms with Crippen LogP contribution in [0.15, 0.2) is 30.3 Å². The van der Waals surface area contributed by atoms with E-state index < -0.39 is 0 Å². The van der Waals surface area contributed by atoms with E-state index >= 15 is 0 Å². The minimum atomic E-state index is 0.444. The first-order valence-electron chi connectivity index (χ1n) is 9.87. The van der Waals surface area contributed by atoms with Crippen LogP contribution in [0, 0.1) is 17.3 Å². The van der Waals surface area contributed by atoms with E-state index in [4.69, 9.17) is 4.74 Å². The molecule has 24 heavy (non-hydrogen) atoms. The SMILES string of the molecule is CC(C)CC[C@]1(CCNCc2ccccc2)CCO[C@@H](C(C)C)C1. The average Bonchev–Trinajstić information content (AvgIpc) is 2.58. The summed E-state index contributed by atoms with van der Waals surface area (Å²) in [5, 5.41) is 3.66. The zero-order valence-electron chi connectivity index (χ0n) is 16.2. The second kappa shape index (κ2) is 9.58. The smallest absolute Gasteiger partial charge is 0.0603 e. The van der Waals surface area contributed by atoms with Gasteiger partial charge in [-0.15, -0.1) is 0 Å². The number of hydrogen-bond acceptors (Lipinski definition) is 2. The van der Waals surface area contributed by atoms with Crippen molar-refractivity contribution in [1.82, 2.24) is 5.32 Å². The van der Waals surface area contributed by atoms with Gasteiger partial charge < -0.3 is 10.1 Å². The van der Waals surface area contributed by atoms with Crippen molar-refractivity contribution in [2.24, 2.45) is 17.3 Å². The summed E-state index contributed by atoms with van der Waals surface area (Å²) in [6.07, 6.45) is 6.88. The van der Waals surface area contributed by atoms with E-state index in [-0.39, 0.29) is 0 Å². The molecule has 2 atom stereocenters. The molecule has 0 saturated carbocycles. The van der Waals surface area contributed by atoms with Gasteiger partial charge in [0.1, 0.15) is 0 Å². The van der Waals surface area contributed by atoms with Crippen molar-refractivity contribution < 1.29 is 4.74 Å². The molecule has 1 aromatic carbocycles. The molecule has 2 nitrogen and oxygen atoms in total. The summed E-state index contributed by atoms with van der Waals surface area (Å²) < 4.78 is 6.06. The summed E-state index contributed by atoms with van der Waals surface area (Å²) in [6, 6.07) is 10.7. The molecule has 1 N–H and O–H groups in total. The molecule has 2 heteroatoms. The van der Waals surface area contributed by atoms with Crippen LogP contribution in [0.3, 0.4) is 0 Å². The van der Waals surface area contributed by atoms with Crippen LogP contribution in [0.4, 0.5) is 0 Å². The molecule has 136 valence electrons. The van der Waals surface area contributed by atoms with E-state index in [1.54, 1.807) is 0 Å². The molecule has 1 aromatic rings. The van der Waals surface area contributed by atoms with Crippen molar-refractivity contribution in [2.75, 3.05) is 13.2 Å². The highest BCUT2D eigenvalue weighted by atomic mass is 16.5. The number of ether oxygens (including phenoxy) is 1. The van der Waals surface area contributed by atoms with Gasteiger partial charge in [-0.2, -0.15) is 0 Å². The Morgan fingerprint density at radius 3 is 2.54 bits per heavy atom. The van der Waals surface area contributed by atoms with E-state index in [0.29, 0.717) is 17.4 Å². The van der Waals surface area contributed by atoms with Crippen LogP contribution in [-0.2, 0) is 11.3 Å². The third-order valence-electron chi connectivity index (χ3n) is 5.60. The standard InChI is InChI=1S/C22H37NO/c1-18(2)10-11-22(13-15-24-21(16-22)19(3)4)12-14-23-17-20-8-6-5-7-9-20/h5-9,18-19,21,23H,10-17H2,1-4H3/t21-,22+/m1/s1. The van der Waals surface area contributed by atoms with Crippen LogP contribution < -0.4 is 5.32 Å². The summed E-state index contributed by atoms with van der Waals surface area (Å²) in [5.74, 6) is 1.42. The molecule has 1 aliphatic heterocycles. The first-order valence-corrected chi connectivity index (χ1v) is 9.87. The Hall–Kier alpha value is -0.860. The van der Waals surface area contributed by atoms with Gasteiger partial charge in [0.25, 0.3) is 0 Å². The summed E-state index contributed by atoms with van der Waals surface area (Å²) in [6.45, 7) is 12.3. The molecular formula is C22H37NO. The molecule has 0 unspecified atom stereocenters. The summed E-state index contributed by atoms with van der Waals surface area (Å²) in [5.41, 5.74) is 1.85. The number of benzene rings is 1. The van der Waals surface area contributed by atoms with Crippen molar-refractivity contribution in [2.45, 2.75) is 72.4 Å². The Morgan fingerprint density at radius 1 is 1.12 bits per heavy atom. The van der Waals surface area contributed by atoms with Crippen molar-refractivity contribution in [1.29, 1.82) is 0 Å². The second-order valence-electron chi connectivity index (χ2n) is 8.45. The minimum Gasteiger partial charge on any atom is -0.378 e. The van der Waals surface area contributed by atoms with Gasteiger partial charge in [-0.3, -0.25) is 0 Å². The molecule has 0 bridgehead atoms. The first kappa shape index (κ1) is 19.5. The van der Waals surface area contributed by atoms with E-state index in [1.165, 1.54) is 37.7 Å². The third kappa shape index (κ3) is 6.22. The van der Waals surface area contributed by atoms with Crippen LogP contribution in [0.1, 0.15) is 65.4 Å². The molecule has 1 heterocycles. The van der Waals surface area contributed by atoms with Crippen molar-refractivity contribution in [3.05, 3.63) is 35.9 Å². The highest BCUT2D eigenvalue weighted by Crippen LogP contribution is 2.43. The lowest BCUT2D eigenvalue weighted by Gasteiger charge is -2.43. The quantitative estimate of drug-likeness (QED) is 0.610. The molecule has 0 radical (unpaired) electrons. The van der Waals surface area contributed by atoms with Crippen molar-refractivity contribution in [3.8, 4) is 0 Å². The fourth-order valence-corrected chi connectivity index (χ4v) is 3.80. The van der Waals surface area contributed by atoms with Gasteiger partial charge in [0.15, 0.2) is 0 Å². The first-order chi connectivity index (χ1) is 11.5. The zero-order valence-corrected chi connectivity index (χ0v) is 16.2. The van der Waals surface area contributed by atoms with E-state index in [0.717, 1.165) is 25.6 Å². The predicted molar refractivity (Wildman–Crippen MR) is 103 cm³/mol. The van der Waals surface area contributed by atoms with Gasteiger partial charge in [-0.25, -0.2) is 0 Å². The highest BCUT2D eigenvalue weighted by molar-refractivity contribution is 5.14. The lowest BCUT2D eigenvalue weighted by Crippen LogP contribution is -2.39. The normalized spacial score (nSPS) is 24.7. The van der Waals surface area contributed by atoms with Crippen molar-refractivity contribution >= 4 is 0 Å². The van der Waals surface area contributed by atoms with Gasteiger partial charge in [-0.1, -0.05) is 64.4 Å². The highest BCUT2D eigenvalue weighted by Gasteiger charge is 2.37. The van der Waals surface area contributed by atoms with Crippen LogP contribution in [0.25, 0.3) is 0 Å². The van der Waals surface area contributed by atoms with Gasteiger partial charge in [0.05, 0.1) is 6.10 Å².